The Labute approximate surface area is 274 Å². The quantitative estimate of drug-likeness (QED) is 0.137. The van der Waals surface area contributed by atoms with Crippen LogP contribution in [0, 0.1) is 6.92 Å². The van der Waals surface area contributed by atoms with Gasteiger partial charge in [-0.2, -0.15) is 0 Å². The van der Waals surface area contributed by atoms with Crippen LogP contribution in [0.1, 0.15) is 68.1 Å². The van der Waals surface area contributed by atoms with Crippen LogP contribution in [0.5, 0.6) is 5.75 Å². The highest BCUT2D eigenvalue weighted by Gasteiger charge is 2.29. The molecule has 0 saturated carbocycles. The van der Waals surface area contributed by atoms with Gasteiger partial charge < -0.3 is 29.4 Å². The molecule has 0 aliphatic heterocycles. The van der Waals surface area contributed by atoms with Crippen molar-refractivity contribution in [3.8, 4) is 5.75 Å². The van der Waals surface area contributed by atoms with Crippen molar-refractivity contribution in [1.82, 2.24) is 20.1 Å². The number of carbonyl (C=O) groups excluding carboxylic acids is 4. The van der Waals surface area contributed by atoms with Crippen LogP contribution >= 0.6 is 23.1 Å². The zero-order valence-electron chi connectivity index (χ0n) is 26.1. The van der Waals surface area contributed by atoms with E-state index in [1.165, 1.54) is 18.9 Å². The summed E-state index contributed by atoms with van der Waals surface area (Å²) in [6.45, 7) is 7.45. The van der Waals surface area contributed by atoms with Crippen molar-refractivity contribution < 1.29 is 33.4 Å². The molecule has 2 heterocycles. The van der Waals surface area contributed by atoms with E-state index in [9.17, 15) is 19.2 Å². The number of rotatable bonds is 14. The van der Waals surface area contributed by atoms with Gasteiger partial charge in [0, 0.05) is 5.56 Å². The van der Waals surface area contributed by atoms with E-state index in [1.807, 2.05) is 34.9 Å². The summed E-state index contributed by atoms with van der Waals surface area (Å²) in [5.41, 5.74) is 1.90. The molecule has 0 aliphatic rings. The van der Waals surface area contributed by atoms with Crippen LogP contribution in [-0.4, -0.2) is 64.1 Å². The highest BCUT2D eigenvalue weighted by Crippen LogP contribution is 2.35. The highest BCUT2D eigenvalue weighted by atomic mass is 32.2. The van der Waals surface area contributed by atoms with Crippen molar-refractivity contribution in [3.63, 3.8) is 0 Å². The second-order valence-electron chi connectivity index (χ2n) is 9.84. The number of hydrogen-bond donors (Lipinski definition) is 2. The van der Waals surface area contributed by atoms with Crippen molar-refractivity contribution in [2.24, 2.45) is 0 Å². The van der Waals surface area contributed by atoms with Gasteiger partial charge in [0.25, 0.3) is 5.91 Å². The smallest absolute Gasteiger partial charge is 0.348 e. The fourth-order valence-corrected chi connectivity index (χ4v) is 6.31. The van der Waals surface area contributed by atoms with Gasteiger partial charge >= 0.3 is 11.9 Å². The maximum absolute atomic E-state index is 13.4. The largest absolute Gasteiger partial charge is 0.497 e. The van der Waals surface area contributed by atoms with E-state index in [2.05, 4.69) is 20.8 Å². The van der Waals surface area contributed by atoms with E-state index < -0.39 is 23.1 Å². The number of methoxy groups -OCH3 is 1. The number of amides is 2. The monoisotopic (exact) mass is 665 g/mol. The van der Waals surface area contributed by atoms with Crippen LogP contribution in [0.3, 0.4) is 0 Å². The molecule has 2 aromatic heterocycles. The second-order valence-corrected chi connectivity index (χ2v) is 12.2. The lowest BCUT2D eigenvalue weighted by Gasteiger charge is -2.14. The molecule has 2 amide bonds. The molecule has 1 atom stereocenters. The van der Waals surface area contributed by atoms with Gasteiger partial charge in [-0.1, -0.05) is 48.2 Å². The molecule has 0 spiro atoms. The third-order valence-corrected chi connectivity index (χ3v) is 8.96. The summed E-state index contributed by atoms with van der Waals surface area (Å²) < 4.78 is 17.4. The molecule has 12 nitrogen and oxygen atoms in total. The van der Waals surface area contributed by atoms with E-state index in [-0.39, 0.29) is 41.1 Å². The normalized spacial score (nSPS) is 11.4. The van der Waals surface area contributed by atoms with Crippen molar-refractivity contribution >= 4 is 51.9 Å². The number of aromatic nitrogens is 3. The Hall–Kier alpha value is -4.69. The van der Waals surface area contributed by atoms with E-state index >= 15 is 0 Å². The molecule has 2 N–H and O–H groups in total. The first-order chi connectivity index (χ1) is 22.2. The van der Waals surface area contributed by atoms with Crippen molar-refractivity contribution in [2.75, 3.05) is 25.6 Å². The van der Waals surface area contributed by atoms with E-state index in [4.69, 9.17) is 14.2 Å². The average Bonchev–Trinajstić information content (AvgIpc) is 3.59. The highest BCUT2D eigenvalue weighted by molar-refractivity contribution is 8.00. The summed E-state index contributed by atoms with van der Waals surface area (Å²) in [5, 5.41) is 14.3. The van der Waals surface area contributed by atoms with Gasteiger partial charge in [-0.15, -0.1) is 21.5 Å². The Kier molecular flexibility index (Phi) is 11.9. The number of carbonyl (C=O) groups is 4. The molecule has 0 aliphatic carbocycles. The molecular formula is C32H35N5O7S2. The number of hydrogen-bond acceptors (Lipinski definition) is 11. The van der Waals surface area contributed by atoms with Crippen LogP contribution in [0.25, 0.3) is 0 Å². The first-order valence-corrected chi connectivity index (χ1v) is 16.2. The Morgan fingerprint density at radius 1 is 0.978 bits per heavy atom. The number of benzene rings is 2. The molecular weight excluding hydrogens is 631 g/mol. The number of esters is 2. The van der Waals surface area contributed by atoms with Crippen LogP contribution in [0.4, 0.5) is 5.00 Å². The maximum Gasteiger partial charge on any atom is 0.348 e. The molecule has 0 unspecified atom stereocenters. The zero-order valence-corrected chi connectivity index (χ0v) is 27.8. The Morgan fingerprint density at radius 3 is 2.39 bits per heavy atom. The molecule has 4 aromatic rings. The van der Waals surface area contributed by atoms with Crippen LogP contribution < -0.4 is 15.4 Å². The summed E-state index contributed by atoms with van der Waals surface area (Å²) in [6.07, 6.45) is 0. The number of thiophene rings is 1. The SMILES string of the molecule is CCOC(=O)c1sc(NC(=O)[C@@H](C)Sc2nnc(CNC(=O)c3cccc(OC)c3)n2Cc2ccccc2)c(C(=O)OCC)c1C. The van der Waals surface area contributed by atoms with Gasteiger partial charge in [0.2, 0.25) is 5.91 Å². The summed E-state index contributed by atoms with van der Waals surface area (Å²) in [7, 11) is 1.53. The lowest BCUT2D eigenvalue weighted by Crippen LogP contribution is -2.25. The maximum atomic E-state index is 13.4. The number of nitrogens with one attached hydrogen (secondary N) is 2. The molecule has 0 saturated heterocycles. The molecule has 2 aromatic carbocycles. The standard InChI is InChI=1S/C32H35N5O7S2/c1-6-43-30(40)25-19(3)26(31(41)44-7-2)46-29(25)34-27(38)20(4)45-32-36-35-24(37(32)18-21-12-9-8-10-13-21)17-33-28(39)22-14-11-15-23(16-22)42-5/h8-16,20H,6-7,17-18H2,1-5H3,(H,33,39)(H,34,38)/t20-/m1/s1. The van der Waals surface area contributed by atoms with Gasteiger partial charge in [-0.3, -0.25) is 9.59 Å². The first kappa shape index (κ1) is 34.2. The minimum absolute atomic E-state index is 0.0883. The van der Waals surface area contributed by atoms with Gasteiger partial charge in [-0.25, -0.2) is 9.59 Å². The zero-order chi connectivity index (χ0) is 33.2. The lowest BCUT2D eigenvalue weighted by atomic mass is 10.1. The van der Waals surface area contributed by atoms with Crippen molar-refractivity contribution in [1.29, 1.82) is 0 Å². The topological polar surface area (TPSA) is 151 Å². The molecule has 0 fully saturated rings. The fourth-order valence-electron chi connectivity index (χ4n) is 4.35. The summed E-state index contributed by atoms with van der Waals surface area (Å²) in [4.78, 5) is 51.9. The Bertz CT molecular complexity index is 1700. The minimum atomic E-state index is -0.693. The summed E-state index contributed by atoms with van der Waals surface area (Å²) >= 11 is 2.13. The van der Waals surface area contributed by atoms with E-state index in [0.717, 1.165) is 16.9 Å². The van der Waals surface area contributed by atoms with Crippen LogP contribution in [-0.2, 0) is 27.4 Å². The number of nitrogens with zero attached hydrogens (tertiary/aromatic N) is 3. The van der Waals surface area contributed by atoms with E-state index in [1.54, 1.807) is 52.0 Å². The summed E-state index contributed by atoms with van der Waals surface area (Å²) in [5.74, 6) is -0.901. The van der Waals surface area contributed by atoms with Crippen molar-refractivity contribution in [3.05, 3.63) is 87.6 Å². The molecule has 4 rings (SSSR count). The molecule has 46 heavy (non-hydrogen) atoms. The van der Waals surface area contributed by atoms with Gasteiger partial charge in [0.1, 0.15) is 15.6 Å². The van der Waals surface area contributed by atoms with E-state index in [0.29, 0.717) is 34.4 Å². The molecule has 242 valence electrons. The first-order valence-electron chi connectivity index (χ1n) is 14.5. The molecule has 0 bridgehead atoms. The number of thioether (sulfide) groups is 1. The summed E-state index contributed by atoms with van der Waals surface area (Å²) in [6, 6.07) is 16.5. The molecule has 14 heteroatoms. The predicted molar refractivity (Wildman–Crippen MR) is 175 cm³/mol. The third-order valence-electron chi connectivity index (χ3n) is 6.69. The second kappa shape index (κ2) is 16.0. The van der Waals surface area contributed by atoms with Gasteiger partial charge in [-0.05, 0) is 57.0 Å². The fraction of sp³-hybridized carbons (Fsp3) is 0.312. The van der Waals surface area contributed by atoms with Crippen LogP contribution in [0.15, 0.2) is 59.8 Å². The predicted octanol–water partition coefficient (Wildman–Crippen LogP) is 5.11. The minimum Gasteiger partial charge on any atom is -0.497 e. The lowest BCUT2D eigenvalue weighted by molar-refractivity contribution is -0.115. The number of ether oxygens (including phenoxy) is 3. The average molecular weight is 666 g/mol. The molecule has 0 radical (unpaired) electrons. The Balaban J connectivity index is 1.55. The van der Waals surface area contributed by atoms with Crippen LogP contribution in [0.2, 0.25) is 0 Å². The Morgan fingerprint density at radius 2 is 1.70 bits per heavy atom. The number of anilines is 1. The van der Waals surface area contributed by atoms with Crippen molar-refractivity contribution in [2.45, 2.75) is 51.2 Å². The third kappa shape index (κ3) is 8.31. The van der Waals surface area contributed by atoms with Gasteiger partial charge in [0.05, 0.1) is 44.2 Å². The van der Waals surface area contributed by atoms with Gasteiger partial charge in [0.15, 0.2) is 11.0 Å².